The minimum absolute atomic E-state index is 0.227. The molecule has 1 aromatic rings. The molecule has 2 N–H and O–H groups in total. The Morgan fingerprint density at radius 3 is 2.36 bits per heavy atom. The van der Waals surface area contributed by atoms with Gasteiger partial charge in [0.2, 0.25) is 10.0 Å². The van der Waals surface area contributed by atoms with Crippen molar-refractivity contribution in [3.8, 4) is 5.75 Å². The van der Waals surface area contributed by atoms with E-state index >= 15 is 0 Å². The van der Waals surface area contributed by atoms with Gasteiger partial charge in [0.15, 0.2) is 0 Å². The van der Waals surface area contributed by atoms with E-state index in [0.29, 0.717) is 16.9 Å². The molecule has 0 aromatic heterocycles. The Morgan fingerprint density at radius 2 is 1.82 bits per heavy atom. The van der Waals surface area contributed by atoms with Gasteiger partial charge in [-0.1, -0.05) is 19.9 Å². The van der Waals surface area contributed by atoms with Crippen LogP contribution in [0.1, 0.15) is 62.8 Å². The molecule has 0 saturated heterocycles. The quantitative estimate of drug-likeness (QED) is 0.669. The predicted octanol–water partition coefficient (Wildman–Crippen LogP) is 3.96. The lowest BCUT2D eigenvalue weighted by Crippen LogP contribution is -2.44. The van der Waals surface area contributed by atoms with E-state index in [4.69, 9.17) is 4.74 Å². The van der Waals surface area contributed by atoms with Crippen LogP contribution < -0.4 is 9.46 Å². The highest BCUT2D eigenvalue weighted by atomic mass is 32.2. The molecule has 6 heteroatoms. The summed E-state index contributed by atoms with van der Waals surface area (Å²) in [7, 11) is -3.82. The van der Waals surface area contributed by atoms with Crippen molar-refractivity contribution in [1.82, 2.24) is 4.72 Å². The second-order valence-electron chi connectivity index (χ2n) is 8.96. The Balaban J connectivity index is 2.54. The summed E-state index contributed by atoms with van der Waals surface area (Å²) < 4.78 is 35.6. The van der Waals surface area contributed by atoms with E-state index in [1.807, 2.05) is 34.6 Å². The summed E-state index contributed by atoms with van der Waals surface area (Å²) in [5, 5.41) is 10.3. The van der Waals surface area contributed by atoms with Gasteiger partial charge in [-0.15, -0.1) is 6.58 Å². The van der Waals surface area contributed by atoms with Crippen LogP contribution in [0.15, 0.2) is 17.6 Å². The lowest BCUT2D eigenvalue weighted by molar-refractivity contribution is 0.0832. The Hall–Kier alpha value is -1.37. The maximum atomic E-state index is 13.4. The number of hydrogen-bond donors (Lipinski definition) is 2. The first-order valence-corrected chi connectivity index (χ1v) is 11.4. The molecular weight excluding hydrogens is 374 g/mol. The lowest BCUT2D eigenvalue weighted by Gasteiger charge is -2.36. The number of sulfonamides is 1. The van der Waals surface area contributed by atoms with Crippen molar-refractivity contribution in [3.05, 3.63) is 34.9 Å². The number of benzene rings is 1. The van der Waals surface area contributed by atoms with E-state index in [1.54, 1.807) is 0 Å². The molecule has 2 atom stereocenters. The van der Waals surface area contributed by atoms with Gasteiger partial charge in [0.05, 0.1) is 17.0 Å². The fourth-order valence-electron chi connectivity index (χ4n) is 3.94. The Labute approximate surface area is 170 Å². The maximum Gasteiger partial charge on any atom is 0.241 e. The van der Waals surface area contributed by atoms with Crippen LogP contribution in [0.5, 0.6) is 5.75 Å². The van der Waals surface area contributed by atoms with E-state index in [9.17, 15) is 13.5 Å². The van der Waals surface area contributed by atoms with Crippen molar-refractivity contribution < 1.29 is 18.3 Å². The van der Waals surface area contributed by atoms with E-state index in [0.717, 1.165) is 35.3 Å². The number of ether oxygens (including phenoxy) is 1. The van der Waals surface area contributed by atoms with Gasteiger partial charge >= 0.3 is 0 Å². The molecule has 0 bridgehead atoms. The molecule has 1 heterocycles. The molecule has 1 aliphatic rings. The smallest absolute Gasteiger partial charge is 0.241 e. The largest absolute Gasteiger partial charge is 0.487 e. The summed E-state index contributed by atoms with van der Waals surface area (Å²) in [6, 6.07) is -0.618. The highest BCUT2D eigenvalue weighted by molar-refractivity contribution is 7.89. The topological polar surface area (TPSA) is 75.6 Å². The van der Waals surface area contributed by atoms with Gasteiger partial charge in [0.1, 0.15) is 11.4 Å². The van der Waals surface area contributed by atoms with Crippen LogP contribution in [0.3, 0.4) is 0 Å². The van der Waals surface area contributed by atoms with Gasteiger partial charge < -0.3 is 9.84 Å². The molecule has 0 unspecified atom stereocenters. The third kappa shape index (κ3) is 4.61. The fraction of sp³-hybridized carbons (Fsp3) is 0.636. The summed E-state index contributed by atoms with van der Waals surface area (Å²) in [6.45, 7) is 17.3. The molecule has 0 aliphatic carbocycles. The maximum absolute atomic E-state index is 13.4. The summed E-state index contributed by atoms with van der Waals surface area (Å²) >= 11 is 0. The van der Waals surface area contributed by atoms with Crippen molar-refractivity contribution in [2.75, 3.05) is 0 Å². The Kier molecular flexibility index (Phi) is 6.68. The number of fused-ring (bicyclic) bond motifs is 1. The SMILES string of the molecule is C=C[C@@H](O)[C@H](CC(C)C)NS(=O)(=O)c1c(C)c(C)c2c(c1C)CCC(C)(C)O2. The van der Waals surface area contributed by atoms with Crippen LogP contribution in [-0.4, -0.2) is 31.3 Å². The van der Waals surface area contributed by atoms with Crippen LogP contribution in [-0.2, 0) is 16.4 Å². The molecule has 0 saturated carbocycles. The molecule has 28 heavy (non-hydrogen) atoms. The first-order chi connectivity index (χ1) is 12.8. The monoisotopic (exact) mass is 409 g/mol. The third-order valence-electron chi connectivity index (χ3n) is 5.62. The highest BCUT2D eigenvalue weighted by Gasteiger charge is 2.34. The molecule has 1 aliphatic heterocycles. The summed E-state index contributed by atoms with van der Waals surface area (Å²) in [5.41, 5.74) is 2.99. The number of hydrogen-bond acceptors (Lipinski definition) is 4. The average molecular weight is 410 g/mol. The molecule has 0 fully saturated rings. The molecule has 2 rings (SSSR count). The Morgan fingerprint density at radius 1 is 1.21 bits per heavy atom. The zero-order chi connectivity index (χ0) is 21.4. The van der Waals surface area contributed by atoms with E-state index in [1.165, 1.54) is 6.08 Å². The standard InChI is InChI=1S/C22H35NO4S/c1-9-19(24)18(12-13(2)3)23-28(25,26)21-15(5)14(4)20-17(16(21)6)10-11-22(7,8)27-20/h9,13,18-19,23-24H,1,10-12H2,2-8H3/t18-,19+/m0/s1. The second-order valence-corrected chi connectivity index (χ2v) is 10.6. The molecular formula is C22H35NO4S. The molecule has 0 amide bonds. The predicted molar refractivity (Wildman–Crippen MR) is 113 cm³/mol. The van der Waals surface area contributed by atoms with Crippen LogP contribution in [0.25, 0.3) is 0 Å². The molecule has 0 radical (unpaired) electrons. The van der Waals surface area contributed by atoms with Gasteiger partial charge in [-0.25, -0.2) is 13.1 Å². The first kappa shape index (κ1) is 22.9. The van der Waals surface area contributed by atoms with Crippen molar-refractivity contribution in [1.29, 1.82) is 0 Å². The number of rotatable bonds is 7. The third-order valence-corrected chi connectivity index (χ3v) is 7.38. The lowest BCUT2D eigenvalue weighted by atomic mass is 9.88. The second kappa shape index (κ2) is 8.17. The molecule has 0 spiro atoms. The normalized spacial score (nSPS) is 18.3. The first-order valence-electron chi connectivity index (χ1n) is 9.95. The van der Waals surface area contributed by atoms with Crippen LogP contribution >= 0.6 is 0 Å². The van der Waals surface area contributed by atoms with Crippen molar-refractivity contribution in [3.63, 3.8) is 0 Å². The molecule has 158 valence electrons. The zero-order valence-corrected chi connectivity index (χ0v) is 19.0. The summed E-state index contributed by atoms with van der Waals surface area (Å²) in [4.78, 5) is 0.303. The number of aliphatic hydroxyl groups is 1. The minimum atomic E-state index is -3.82. The van der Waals surface area contributed by atoms with Crippen LogP contribution in [0.4, 0.5) is 0 Å². The van der Waals surface area contributed by atoms with E-state index < -0.39 is 22.2 Å². The van der Waals surface area contributed by atoms with Crippen LogP contribution in [0, 0.1) is 26.7 Å². The molecule has 5 nitrogen and oxygen atoms in total. The van der Waals surface area contributed by atoms with Gasteiger partial charge in [0.25, 0.3) is 0 Å². The zero-order valence-electron chi connectivity index (χ0n) is 18.2. The van der Waals surface area contributed by atoms with Crippen molar-refractivity contribution in [2.45, 2.75) is 90.4 Å². The van der Waals surface area contributed by atoms with Gasteiger partial charge in [-0.05, 0) is 82.1 Å². The van der Waals surface area contributed by atoms with Crippen molar-refractivity contribution in [2.24, 2.45) is 5.92 Å². The van der Waals surface area contributed by atoms with Gasteiger partial charge in [0, 0.05) is 0 Å². The molecule has 1 aromatic carbocycles. The van der Waals surface area contributed by atoms with E-state index in [2.05, 4.69) is 25.1 Å². The van der Waals surface area contributed by atoms with Gasteiger partial charge in [-0.3, -0.25) is 0 Å². The van der Waals surface area contributed by atoms with Crippen LogP contribution in [0.2, 0.25) is 0 Å². The average Bonchev–Trinajstić information content (AvgIpc) is 2.56. The fourth-order valence-corrected chi connectivity index (χ4v) is 5.77. The summed E-state index contributed by atoms with van der Waals surface area (Å²) in [6.07, 6.45) is 2.57. The van der Waals surface area contributed by atoms with Crippen molar-refractivity contribution >= 4 is 10.0 Å². The Bertz CT molecular complexity index is 856. The number of nitrogens with one attached hydrogen (secondary N) is 1. The summed E-state index contributed by atoms with van der Waals surface area (Å²) in [5.74, 6) is 1.04. The number of aliphatic hydroxyl groups excluding tert-OH is 1. The van der Waals surface area contributed by atoms with Gasteiger partial charge in [-0.2, -0.15) is 0 Å². The minimum Gasteiger partial charge on any atom is -0.487 e. The highest BCUT2D eigenvalue weighted by Crippen LogP contribution is 2.42. The van der Waals surface area contributed by atoms with E-state index in [-0.39, 0.29) is 11.5 Å².